The van der Waals surface area contributed by atoms with Crippen molar-refractivity contribution in [2.24, 2.45) is 5.92 Å². The standard InChI is InChI=1S/C14H28N2O3/c1-10(2)15-12(6-7-17)11-8-16(9-11)13(18)19-14(3,4)5/h10-12,15,17H,6-9H2,1-5H3/t12-/m0/s1. The van der Waals surface area contributed by atoms with Crippen LogP contribution in [0.15, 0.2) is 0 Å². The van der Waals surface area contributed by atoms with E-state index in [9.17, 15) is 4.79 Å². The first-order chi connectivity index (χ1) is 8.73. The molecular weight excluding hydrogens is 244 g/mol. The van der Waals surface area contributed by atoms with Crippen molar-refractivity contribution < 1.29 is 14.6 Å². The highest BCUT2D eigenvalue weighted by atomic mass is 16.6. The van der Waals surface area contributed by atoms with Gasteiger partial charge in [-0.2, -0.15) is 0 Å². The summed E-state index contributed by atoms with van der Waals surface area (Å²) < 4.78 is 5.33. The summed E-state index contributed by atoms with van der Waals surface area (Å²) in [5.41, 5.74) is -0.442. The van der Waals surface area contributed by atoms with Crippen LogP contribution in [0.5, 0.6) is 0 Å². The van der Waals surface area contributed by atoms with E-state index < -0.39 is 5.60 Å². The Hall–Kier alpha value is -0.810. The largest absolute Gasteiger partial charge is 0.444 e. The van der Waals surface area contributed by atoms with Crippen molar-refractivity contribution in [2.45, 2.75) is 58.7 Å². The molecule has 1 saturated heterocycles. The number of amides is 1. The van der Waals surface area contributed by atoms with E-state index in [-0.39, 0.29) is 18.7 Å². The Balaban J connectivity index is 2.40. The Bertz CT molecular complexity index is 294. The molecule has 0 bridgehead atoms. The van der Waals surface area contributed by atoms with E-state index in [0.29, 0.717) is 25.0 Å². The highest BCUT2D eigenvalue weighted by molar-refractivity contribution is 5.69. The second-order valence-electron chi connectivity index (χ2n) is 6.59. The maximum atomic E-state index is 11.8. The maximum Gasteiger partial charge on any atom is 0.410 e. The Labute approximate surface area is 116 Å². The van der Waals surface area contributed by atoms with Crippen LogP contribution in [0.4, 0.5) is 4.79 Å². The summed E-state index contributed by atoms with van der Waals surface area (Å²) in [6.07, 6.45) is 0.487. The van der Waals surface area contributed by atoms with Gasteiger partial charge in [0.2, 0.25) is 0 Å². The van der Waals surface area contributed by atoms with Gasteiger partial charge in [-0.05, 0) is 27.2 Å². The lowest BCUT2D eigenvalue weighted by Gasteiger charge is -2.44. The molecule has 5 heteroatoms. The number of likely N-dealkylation sites (tertiary alicyclic amines) is 1. The molecular formula is C14H28N2O3. The topological polar surface area (TPSA) is 61.8 Å². The molecule has 1 rings (SSSR count). The minimum absolute atomic E-state index is 0.174. The van der Waals surface area contributed by atoms with Gasteiger partial charge in [-0.25, -0.2) is 4.79 Å². The summed E-state index contributed by atoms with van der Waals surface area (Å²) >= 11 is 0. The van der Waals surface area contributed by atoms with Crippen LogP contribution in [0, 0.1) is 5.92 Å². The first-order valence-corrected chi connectivity index (χ1v) is 7.07. The van der Waals surface area contributed by atoms with Crippen molar-refractivity contribution in [3.63, 3.8) is 0 Å². The van der Waals surface area contributed by atoms with Crippen molar-refractivity contribution in [1.29, 1.82) is 0 Å². The molecule has 2 N–H and O–H groups in total. The number of hydrogen-bond acceptors (Lipinski definition) is 4. The molecule has 112 valence electrons. The zero-order valence-electron chi connectivity index (χ0n) is 12.8. The average molecular weight is 272 g/mol. The number of carbonyl (C=O) groups excluding carboxylic acids is 1. The molecule has 0 spiro atoms. The third kappa shape index (κ3) is 5.37. The molecule has 0 aromatic carbocycles. The summed E-state index contributed by atoms with van der Waals surface area (Å²) in [5.74, 6) is 0.405. The minimum Gasteiger partial charge on any atom is -0.444 e. The number of rotatable bonds is 5. The second kappa shape index (κ2) is 6.57. The summed E-state index contributed by atoms with van der Waals surface area (Å²) in [6, 6.07) is 0.649. The second-order valence-corrected chi connectivity index (χ2v) is 6.59. The molecule has 0 aromatic rings. The van der Waals surface area contributed by atoms with E-state index in [4.69, 9.17) is 9.84 Å². The van der Waals surface area contributed by atoms with Crippen LogP contribution in [-0.4, -0.2) is 53.5 Å². The SMILES string of the molecule is CC(C)N[C@@H](CCO)C1CN(C(=O)OC(C)(C)C)C1. The summed E-state index contributed by atoms with van der Waals surface area (Å²) in [4.78, 5) is 13.5. The van der Waals surface area contributed by atoms with Gasteiger partial charge >= 0.3 is 6.09 Å². The van der Waals surface area contributed by atoms with Gasteiger partial charge in [-0.15, -0.1) is 0 Å². The van der Waals surface area contributed by atoms with Crippen molar-refractivity contribution in [1.82, 2.24) is 10.2 Å². The molecule has 0 radical (unpaired) electrons. The van der Waals surface area contributed by atoms with Crippen LogP contribution >= 0.6 is 0 Å². The van der Waals surface area contributed by atoms with Gasteiger partial charge in [0, 0.05) is 37.7 Å². The van der Waals surface area contributed by atoms with Crippen molar-refractivity contribution in [2.75, 3.05) is 19.7 Å². The highest BCUT2D eigenvalue weighted by Crippen LogP contribution is 2.23. The van der Waals surface area contributed by atoms with Crippen LogP contribution in [-0.2, 0) is 4.74 Å². The maximum absolute atomic E-state index is 11.8. The first-order valence-electron chi connectivity index (χ1n) is 7.07. The fourth-order valence-corrected chi connectivity index (χ4v) is 2.27. The molecule has 1 heterocycles. The number of carbonyl (C=O) groups is 1. The van der Waals surface area contributed by atoms with E-state index >= 15 is 0 Å². The number of ether oxygens (including phenoxy) is 1. The van der Waals surface area contributed by atoms with Crippen molar-refractivity contribution in [3.8, 4) is 0 Å². The predicted molar refractivity (Wildman–Crippen MR) is 75.1 cm³/mol. The molecule has 1 fully saturated rings. The van der Waals surface area contributed by atoms with Gasteiger partial charge in [-0.1, -0.05) is 13.8 Å². The van der Waals surface area contributed by atoms with E-state index in [1.807, 2.05) is 20.8 Å². The molecule has 19 heavy (non-hydrogen) atoms. The van der Waals surface area contributed by atoms with Crippen LogP contribution in [0.1, 0.15) is 41.0 Å². The average Bonchev–Trinajstić information content (AvgIpc) is 2.10. The molecule has 0 unspecified atom stereocenters. The number of aliphatic hydroxyl groups is 1. The van der Waals surface area contributed by atoms with E-state index in [1.54, 1.807) is 4.90 Å². The monoisotopic (exact) mass is 272 g/mol. The third-order valence-electron chi connectivity index (χ3n) is 3.12. The normalized spacial score (nSPS) is 18.4. The van der Waals surface area contributed by atoms with Gasteiger partial charge in [-0.3, -0.25) is 0 Å². The van der Waals surface area contributed by atoms with E-state index in [1.165, 1.54) is 0 Å². The molecule has 1 amide bonds. The lowest BCUT2D eigenvalue weighted by Crippen LogP contribution is -2.59. The molecule has 1 aliphatic heterocycles. The van der Waals surface area contributed by atoms with Gasteiger partial charge in [0.1, 0.15) is 5.60 Å². The molecule has 5 nitrogen and oxygen atoms in total. The van der Waals surface area contributed by atoms with Crippen molar-refractivity contribution in [3.05, 3.63) is 0 Å². The molecule has 0 aliphatic carbocycles. The number of nitrogens with zero attached hydrogens (tertiary/aromatic N) is 1. The smallest absolute Gasteiger partial charge is 0.410 e. The zero-order chi connectivity index (χ0) is 14.6. The summed E-state index contributed by atoms with van der Waals surface area (Å²) in [7, 11) is 0. The minimum atomic E-state index is -0.442. The van der Waals surface area contributed by atoms with Gasteiger partial charge in [0.05, 0.1) is 0 Å². The number of aliphatic hydroxyl groups excluding tert-OH is 1. The highest BCUT2D eigenvalue weighted by Gasteiger charge is 2.37. The van der Waals surface area contributed by atoms with Gasteiger partial charge in [0.15, 0.2) is 0 Å². The predicted octanol–water partition coefficient (Wildman–Crippen LogP) is 1.60. The van der Waals surface area contributed by atoms with Crippen LogP contribution < -0.4 is 5.32 Å². The fraction of sp³-hybridized carbons (Fsp3) is 0.929. The Morgan fingerprint density at radius 3 is 2.42 bits per heavy atom. The quantitative estimate of drug-likeness (QED) is 0.798. The zero-order valence-corrected chi connectivity index (χ0v) is 12.8. The fourth-order valence-electron chi connectivity index (χ4n) is 2.27. The molecule has 0 aromatic heterocycles. The van der Waals surface area contributed by atoms with Crippen LogP contribution in [0.2, 0.25) is 0 Å². The Kier molecular flexibility index (Phi) is 5.62. The van der Waals surface area contributed by atoms with Gasteiger partial charge < -0.3 is 20.1 Å². The van der Waals surface area contributed by atoms with E-state index in [0.717, 1.165) is 6.42 Å². The number of hydrogen-bond donors (Lipinski definition) is 2. The third-order valence-corrected chi connectivity index (χ3v) is 3.12. The summed E-state index contributed by atoms with van der Waals surface area (Å²) in [6.45, 7) is 11.4. The molecule has 1 atom stereocenters. The number of nitrogens with one attached hydrogen (secondary N) is 1. The Morgan fingerprint density at radius 2 is 2.00 bits per heavy atom. The van der Waals surface area contributed by atoms with Crippen molar-refractivity contribution >= 4 is 6.09 Å². The first kappa shape index (κ1) is 16.2. The molecule has 1 aliphatic rings. The van der Waals surface area contributed by atoms with E-state index in [2.05, 4.69) is 19.2 Å². The lowest BCUT2D eigenvalue weighted by molar-refractivity contribution is -0.00868. The van der Waals surface area contributed by atoms with Gasteiger partial charge in [0.25, 0.3) is 0 Å². The lowest BCUT2D eigenvalue weighted by atomic mass is 9.89. The summed E-state index contributed by atoms with van der Waals surface area (Å²) in [5, 5.41) is 12.6. The Morgan fingerprint density at radius 1 is 1.42 bits per heavy atom. The van der Waals surface area contributed by atoms with Crippen LogP contribution in [0.3, 0.4) is 0 Å². The molecule has 0 saturated carbocycles. The van der Waals surface area contributed by atoms with Crippen LogP contribution in [0.25, 0.3) is 0 Å².